The molecule has 0 saturated heterocycles. The minimum atomic E-state index is 0.734. The molecule has 1 heterocycles. The van der Waals surface area contributed by atoms with Crippen LogP contribution >= 0.6 is 0 Å². The second-order valence-corrected chi connectivity index (χ2v) is 3.69. The Morgan fingerprint density at radius 1 is 1.14 bits per heavy atom. The van der Waals surface area contributed by atoms with Gasteiger partial charge in [-0.05, 0) is 30.9 Å². The molecule has 0 fully saturated rings. The molecular weight excluding hydrogens is 174 g/mol. The Bertz CT molecular complexity index is 228. The van der Waals surface area contributed by atoms with E-state index in [9.17, 15) is 4.79 Å². The zero-order valence-corrected chi connectivity index (χ0v) is 8.67. The molecule has 1 N–H and O–H groups in total. The van der Waals surface area contributed by atoms with Gasteiger partial charge in [-0.2, -0.15) is 0 Å². The summed E-state index contributed by atoms with van der Waals surface area (Å²) in [7, 11) is 0. The lowest BCUT2D eigenvalue weighted by Crippen LogP contribution is -1.84. The fourth-order valence-electron chi connectivity index (χ4n) is 1.60. The van der Waals surface area contributed by atoms with E-state index >= 15 is 0 Å². The number of nitrogens with one attached hydrogen (secondary N) is 1. The zero-order chi connectivity index (χ0) is 10.1. The molecule has 0 radical (unpaired) electrons. The van der Waals surface area contributed by atoms with Crippen molar-refractivity contribution in [2.24, 2.45) is 0 Å². The number of H-pyrrole nitrogens is 1. The molecule has 1 aromatic rings. The van der Waals surface area contributed by atoms with E-state index < -0.39 is 0 Å². The zero-order valence-electron chi connectivity index (χ0n) is 8.67. The van der Waals surface area contributed by atoms with Gasteiger partial charge in [0.25, 0.3) is 0 Å². The van der Waals surface area contributed by atoms with Crippen LogP contribution in [0.25, 0.3) is 0 Å². The highest BCUT2D eigenvalue weighted by atomic mass is 16.1. The van der Waals surface area contributed by atoms with Gasteiger partial charge in [0.05, 0.1) is 0 Å². The molecule has 1 aromatic heterocycles. The Morgan fingerprint density at radius 3 is 2.64 bits per heavy atom. The molecule has 0 aliphatic heterocycles. The maximum Gasteiger partial charge on any atom is 0.119 e. The van der Waals surface area contributed by atoms with Gasteiger partial charge in [0, 0.05) is 18.8 Å². The monoisotopic (exact) mass is 193 g/mol. The first-order valence-corrected chi connectivity index (χ1v) is 5.49. The van der Waals surface area contributed by atoms with Crippen molar-refractivity contribution in [3.8, 4) is 0 Å². The van der Waals surface area contributed by atoms with Crippen LogP contribution in [0.1, 0.15) is 44.1 Å². The first-order valence-electron chi connectivity index (χ1n) is 5.49. The first-order chi connectivity index (χ1) is 6.93. The molecule has 1 rings (SSSR count). The van der Waals surface area contributed by atoms with Crippen molar-refractivity contribution in [2.45, 2.75) is 44.9 Å². The highest BCUT2D eigenvalue weighted by molar-refractivity contribution is 5.48. The van der Waals surface area contributed by atoms with Crippen molar-refractivity contribution < 1.29 is 4.79 Å². The lowest BCUT2D eigenvalue weighted by atomic mass is 10.1. The molecule has 0 bridgehead atoms. The summed E-state index contributed by atoms with van der Waals surface area (Å²) in [6, 6.07) is 2.13. The fourth-order valence-corrected chi connectivity index (χ4v) is 1.60. The number of aromatic nitrogens is 1. The lowest BCUT2D eigenvalue weighted by molar-refractivity contribution is -0.107. The number of carbonyl (C=O) groups excluding carboxylic acids is 1. The molecular formula is C12H19NO. The van der Waals surface area contributed by atoms with Crippen LogP contribution in [-0.2, 0) is 11.2 Å². The maximum atomic E-state index is 10.0. The van der Waals surface area contributed by atoms with Crippen LogP contribution in [0.5, 0.6) is 0 Å². The Balaban J connectivity index is 1.87. The predicted molar refractivity (Wildman–Crippen MR) is 58.3 cm³/mol. The minimum absolute atomic E-state index is 0.734. The van der Waals surface area contributed by atoms with Gasteiger partial charge in [-0.15, -0.1) is 0 Å². The van der Waals surface area contributed by atoms with Crippen molar-refractivity contribution in [3.05, 3.63) is 24.0 Å². The van der Waals surface area contributed by atoms with Crippen LogP contribution < -0.4 is 0 Å². The molecule has 0 saturated carbocycles. The van der Waals surface area contributed by atoms with Crippen molar-refractivity contribution in [1.29, 1.82) is 0 Å². The largest absolute Gasteiger partial charge is 0.367 e. The minimum Gasteiger partial charge on any atom is -0.367 e. The van der Waals surface area contributed by atoms with Crippen LogP contribution in [-0.4, -0.2) is 11.3 Å². The van der Waals surface area contributed by atoms with Crippen molar-refractivity contribution in [3.63, 3.8) is 0 Å². The average molecular weight is 193 g/mol. The Kier molecular flexibility index (Phi) is 5.80. The van der Waals surface area contributed by atoms with E-state index in [1.807, 2.05) is 6.20 Å². The first kappa shape index (κ1) is 11.0. The highest BCUT2D eigenvalue weighted by Gasteiger charge is 1.93. The van der Waals surface area contributed by atoms with Crippen LogP contribution in [0.15, 0.2) is 18.5 Å². The fraction of sp³-hybridized carbons (Fsp3) is 0.583. The summed E-state index contributed by atoms with van der Waals surface area (Å²) in [6.07, 6.45) is 13.0. The van der Waals surface area contributed by atoms with Gasteiger partial charge in [-0.25, -0.2) is 0 Å². The van der Waals surface area contributed by atoms with E-state index in [4.69, 9.17) is 0 Å². The number of hydrogen-bond acceptors (Lipinski definition) is 1. The van der Waals surface area contributed by atoms with Gasteiger partial charge in [-0.1, -0.05) is 19.3 Å². The Hall–Kier alpha value is -1.05. The number of aldehydes is 1. The molecule has 0 aromatic carbocycles. The van der Waals surface area contributed by atoms with E-state index in [0.717, 1.165) is 19.1 Å². The molecule has 0 atom stereocenters. The summed E-state index contributed by atoms with van der Waals surface area (Å²) < 4.78 is 0. The molecule has 14 heavy (non-hydrogen) atoms. The van der Waals surface area contributed by atoms with E-state index in [0.29, 0.717) is 0 Å². The van der Waals surface area contributed by atoms with Crippen LogP contribution in [0.2, 0.25) is 0 Å². The predicted octanol–water partition coefficient (Wildman–Crippen LogP) is 3.10. The SMILES string of the molecule is O=CCCCCCCCc1cc[nH]c1. The second kappa shape index (κ2) is 7.36. The molecule has 78 valence electrons. The summed E-state index contributed by atoms with van der Waals surface area (Å²) >= 11 is 0. The molecule has 0 aliphatic carbocycles. The second-order valence-electron chi connectivity index (χ2n) is 3.69. The molecule has 0 amide bonds. The number of carbonyl (C=O) groups is 1. The standard InChI is InChI=1S/C12H19NO/c14-10-6-4-2-1-3-5-7-12-8-9-13-11-12/h8-11,13H,1-7H2. The number of aryl methyl sites for hydroxylation is 1. The summed E-state index contributed by atoms with van der Waals surface area (Å²) in [6.45, 7) is 0. The Morgan fingerprint density at radius 2 is 1.93 bits per heavy atom. The average Bonchev–Trinajstić information content (AvgIpc) is 2.69. The molecule has 0 aliphatic rings. The third kappa shape index (κ3) is 4.85. The smallest absolute Gasteiger partial charge is 0.119 e. The van der Waals surface area contributed by atoms with Gasteiger partial charge in [0.2, 0.25) is 0 Å². The summed E-state index contributed by atoms with van der Waals surface area (Å²) in [5.74, 6) is 0. The van der Waals surface area contributed by atoms with Crippen molar-refractivity contribution in [2.75, 3.05) is 0 Å². The number of hydrogen-bond donors (Lipinski definition) is 1. The quantitative estimate of drug-likeness (QED) is 0.499. The van der Waals surface area contributed by atoms with Crippen LogP contribution in [0, 0.1) is 0 Å². The number of rotatable bonds is 8. The molecule has 0 spiro atoms. The third-order valence-electron chi connectivity index (χ3n) is 2.45. The van der Waals surface area contributed by atoms with E-state index in [2.05, 4.69) is 17.2 Å². The lowest BCUT2D eigenvalue weighted by Gasteiger charge is -1.98. The molecule has 0 unspecified atom stereocenters. The van der Waals surface area contributed by atoms with Gasteiger partial charge in [0.15, 0.2) is 0 Å². The summed E-state index contributed by atoms with van der Waals surface area (Å²) in [5.41, 5.74) is 1.40. The van der Waals surface area contributed by atoms with E-state index in [-0.39, 0.29) is 0 Å². The van der Waals surface area contributed by atoms with Crippen molar-refractivity contribution >= 4 is 6.29 Å². The third-order valence-corrected chi connectivity index (χ3v) is 2.45. The number of unbranched alkanes of at least 4 members (excludes halogenated alkanes) is 5. The summed E-state index contributed by atoms with van der Waals surface area (Å²) in [5, 5.41) is 0. The summed E-state index contributed by atoms with van der Waals surface area (Å²) in [4.78, 5) is 13.1. The van der Waals surface area contributed by atoms with Gasteiger partial charge < -0.3 is 9.78 Å². The Labute approximate surface area is 85.7 Å². The number of aromatic amines is 1. The topological polar surface area (TPSA) is 32.9 Å². The normalized spacial score (nSPS) is 10.3. The van der Waals surface area contributed by atoms with Crippen LogP contribution in [0.3, 0.4) is 0 Å². The molecule has 2 nitrogen and oxygen atoms in total. The van der Waals surface area contributed by atoms with Gasteiger partial charge in [0.1, 0.15) is 6.29 Å². The van der Waals surface area contributed by atoms with Crippen LogP contribution in [0.4, 0.5) is 0 Å². The van der Waals surface area contributed by atoms with E-state index in [1.54, 1.807) is 0 Å². The highest BCUT2D eigenvalue weighted by Crippen LogP contribution is 2.08. The van der Waals surface area contributed by atoms with E-state index in [1.165, 1.54) is 37.7 Å². The van der Waals surface area contributed by atoms with Gasteiger partial charge in [-0.3, -0.25) is 0 Å². The van der Waals surface area contributed by atoms with Crippen molar-refractivity contribution in [1.82, 2.24) is 4.98 Å². The maximum absolute atomic E-state index is 10.0. The molecule has 2 heteroatoms. The van der Waals surface area contributed by atoms with Gasteiger partial charge >= 0.3 is 0 Å².